The Morgan fingerprint density at radius 1 is 1.33 bits per heavy atom. The van der Waals surface area contributed by atoms with E-state index in [-0.39, 0.29) is 6.10 Å². The van der Waals surface area contributed by atoms with Gasteiger partial charge in [-0.2, -0.15) is 0 Å². The van der Waals surface area contributed by atoms with Crippen molar-refractivity contribution >= 4 is 6.47 Å². The Balaban J connectivity index is 3.98. The number of ether oxygens (including phenoxy) is 1. The largest absolute Gasteiger partial charge is 0.464 e. The molecule has 2 atom stereocenters. The van der Waals surface area contributed by atoms with Gasteiger partial charge in [-0.3, -0.25) is 4.79 Å². The van der Waals surface area contributed by atoms with E-state index in [1.807, 2.05) is 0 Å². The summed E-state index contributed by atoms with van der Waals surface area (Å²) in [7, 11) is 0. The molecule has 72 valence electrons. The van der Waals surface area contributed by atoms with Crippen LogP contribution in [0.25, 0.3) is 0 Å². The van der Waals surface area contributed by atoms with Crippen LogP contribution in [0.3, 0.4) is 0 Å². The van der Waals surface area contributed by atoms with Crippen molar-refractivity contribution in [3.8, 4) is 0 Å². The van der Waals surface area contributed by atoms with Crippen molar-refractivity contribution in [3.63, 3.8) is 0 Å². The summed E-state index contributed by atoms with van der Waals surface area (Å²) in [4.78, 5) is 10.2. The maximum Gasteiger partial charge on any atom is 0.293 e. The molecule has 0 N–H and O–H groups in total. The molecule has 0 rings (SSSR count). The molecule has 0 aliphatic heterocycles. The van der Waals surface area contributed by atoms with Crippen molar-refractivity contribution in [2.75, 3.05) is 0 Å². The van der Waals surface area contributed by atoms with Gasteiger partial charge in [0, 0.05) is 0 Å². The molecule has 0 aromatic carbocycles. The second kappa shape index (κ2) is 6.04. The second-order valence-corrected chi connectivity index (χ2v) is 3.66. The van der Waals surface area contributed by atoms with Crippen LogP contribution < -0.4 is 0 Å². The van der Waals surface area contributed by atoms with Crippen LogP contribution in [0.2, 0.25) is 0 Å². The van der Waals surface area contributed by atoms with Crippen molar-refractivity contribution in [1.82, 2.24) is 0 Å². The molecule has 0 saturated heterocycles. The molecule has 0 saturated carbocycles. The SMILES string of the molecule is CCCC(OC=O)C(C)C(C)C. The van der Waals surface area contributed by atoms with Gasteiger partial charge in [0.15, 0.2) is 0 Å². The highest BCUT2D eigenvalue weighted by molar-refractivity contribution is 5.37. The van der Waals surface area contributed by atoms with E-state index in [0.29, 0.717) is 18.3 Å². The van der Waals surface area contributed by atoms with Crippen LogP contribution in [0.1, 0.15) is 40.5 Å². The smallest absolute Gasteiger partial charge is 0.293 e. The van der Waals surface area contributed by atoms with Crippen LogP contribution >= 0.6 is 0 Å². The van der Waals surface area contributed by atoms with Gasteiger partial charge in [-0.15, -0.1) is 0 Å². The summed E-state index contributed by atoms with van der Waals surface area (Å²) in [5, 5.41) is 0. The number of rotatable bonds is 6. The summed E-state index contributed by atoms with van der Waals surface area (Å²) in [6.45, 7) is 9.12. The van der Waals surface area contributed by atoms with E-state index in [2.05, 4.69) is 27.7 Å². The lowest BCUT2D eigenvalue weighted by atomic mass is 9.90. The van der Waals surface area contributed by atoms with Gasteiger partial charge in [0.2, 0.25) is 0 Å². The molecule has 2 unspecified atom stereocenters. The van der Waals surface area contributed by atoms with Crippen molar-refractivity contribution in [3.05, 3.63) is 0 Å². The summed E-state index contributed by atoms with van der Waals surface area (Å²) in [5.41, 5.74) is 0. The van der Waals surface area contributed by atoms with Crippen LogP contribution in [0.5, 0.6) is 0 Å². The van der Waals surface area contributed by atoms with Crippen molar-refractivity contribution in [2.45, 2.75) is 46.6 Å². The van der Waals surface area contributed by atoms with Crippen molar-refractivity contribution in [1.29, 1.82) is 0 Å². The molecular weight excluding hydrogens is 152 g/mol. The quantitative estimate of drug-likeness (QED) is 0.576. The highest BCUT2D eigenvalue weighted by Gasteiger charge is 2.20. The van der Waals surface area contributed by atoms with E-state index in [9.17, 15) is 4.79 Å². The summed E-state index contributed by atoms with van der Waals surface area (Å²) in [6.07, 6.45) is 2.14. The molecular formula is C10H20O2. The lowest BCUT2D eigenvalue weighted by Crippen LogP contribution is -2.25. The predicted molar refractivity (Wildman–Crippen MR) is 49.8 cm³/mol. The van der Waals surface area contributed by atoms with Gasteiger partial charge in [0.25, 0.3) is 6.47 Å². The number of carbonyl (C=O) groups is 1. The zero-order valence-electron chi connectivity index (χ0n) is 8.54. The van der Waals surface area contributed by atoms with Crippen LogP contribution in [-0.2, 0) is 9.53 Å². The fourth-order valence-electron chi connectivity index (χ4n) is 1.24. The minimum Gasteiger partial charge on any atom is -0.464 e. The Labute approximate surface area is 75.3 Å². The maximum atomic E-state index is 10.2. The minimum atomic E-state index is 0.104. The first kappa shape index (κ1) is 11.5. The average Bonchev–Trinajstić information content (AvgIpc) is 2.03. The zero-order chi connectivity index (χ0) is 9.56. The Hall–Kier alpha value is -0.530. The fraction of sp³-hybridized carbons (Fsp3) is 0.900. The third-order valence-corrected chi connectivity index (χ3v) is 2.44. The monoisotopic (exact) mass is 172 g/mol. The highest BCUT2D eigenvalue weighted by Crippen LogP contribution is 2.20. The van der Waals surface area contributed by atoms with E-state index in [1.165, 1.54) is 0 Å². The predicted octanol–water partition coefficient (Wildman–Crippen LogP) is 2.62. The molecule has 0 heterocycles. The standard InChI is InChI=1S/C10H20O2/c1-5-6-10(12-7-11)9(4)8(2)3/h7-10H,5-6H2,1-4H3. The van der Waals surface area contributed by atoms with Gasteiger partial charge in [-0.25, -0.2) is 0 Å². The van der Waals surface area contributed by atoms with Gasteiger partial charge >= 0.3 is 0 Å². The topological polar surface area (TPSA) is 26.3 Å². The zero-order valence-corrected chi connectivity index (χ0v) is 8.54. The Morgan fingerprint density at radius 3 is 2.25 bits per heavy atom. The highest BCUT2D eigenvalue weighted by atomic mass is 16.5. The van der Waals surface area contributed by atoms with Crippen LogP contribution in [-0.4, -0.2) is 12.6 Å². The second-order valence-electron chi connectivity index (χ2n) is 3.66. The Bertz CT molecular complexity index is 121. The normalized spacial score (nSPS) is 15.8. The molecule has 0 bridgehead atoms. The molecule has 2 nitrogen and oxygen atoms in total. The molecule has 0 aliphatic carbocycles. The molecule has 0 radical (unpaired) electrons. The van der Waals surface area contributed by atoms with Gasteiger partial charge in [0.1, 0.15) is 6.10 Å². The lowest BCUT2D eigenvalue weighted by molar-refractivity contribution is -0.137. The number of hydrogen-bond donors (Lipinski definition) is 0. The summed E-state index contributed by atoms with van der Waals surface area (Å²) >= 11 is 0. The van der Waals surface area contributed by atoms with E-state index >= 15 is 0 Å². The molecule has 2 heteroatoms. The Morgan fingerprint density at radius 2 is 1.92 bits per heavy atom. The van der Waals surface area contributed by atoms with Gasteiger partial charge < -0.3 is 4.74 Å². The lowest BCUT2D eigenvalue weighted by Gasteiger charge is -2.24. The van der Waals surface area contributed by atoms with Gasteiger partial charge in [-0.1, -0.05) is 34.1 Å². The maximum absolute atomic E-state index is 10.2. The third-order valence-electron chi connectivity index (χ3n) is 2.44. The van der Waals surface area contributed by atoms with E-state index in [0.717, 1.165) is 12.8 Å². The minimum absolute atomic E-state index is 0.104. The first-order valence-electron chi connectivity index (χ1n) is 4.72. The Kier molecular flexibility index (Phi) is 5.77. The fourth-order valence-corrected chi connectivity index (χ4v) is 1.24. The van der Waals surface area contributed by atoms with Gasteiger partial charge in [-0.05, 0) is 18.3 Å². The van der Waals surface area contributed by atoms with E-state index in [4.69, 9.17) is 4.74 Å². The van der Waals surface area contributed by atoms with Crippen molar-refractivity contribution < 1.29 is 9.53 Å². The molecule has 0 aromatic rings. The van der Waals surface area contributed by atoms with Crippen LogP contribution in [0.15, 0.2) is 0 Å². The molecule has 0 amide bonds. The number of carbonyl (C=O) groups excluding carboxylic acids is 1. The van der Waals surface area contributed by atoms with Gasteiger partial charge in [0.05, 0.1) is 0 Å². The molecule has 0 spiro atoms. The molecule has 12 heavy (non-hydrogen) atoms. The first-order valence-corrected chi connectivity index (χ1v) is 4.72. The van der Waals surface area contributed by atoms with E-state index < -0.39 is 0 Å². The summed E-state index contributed by atoms with van der Waals surface area (Å²) in [5.74, 6) is 1.02. The molecule has 0 aromatic heterocycles. The van der Waals surface area contributed by atoms with Crippen LogP contribution in [0, 0.1) is 11.8 Å². The third kappa shape index (κ3) is 3.74. The molecule has 0 aliphatic rings. The molecule has 0 fully saturated rings. The first-order chi connectivity index (χ1) is 5.63. The summed E-state index contributed by atoms with van der Waals surface area (Å²) < 4.78 is 5.02. The average molecular weight is 172 g/mol. The van der Waals surface area contributed by atoms with E-state index in [1.54, 1.807) is 0 Å². The summed E-state index contributed by atoms with van der Waals surface area (Å²) in [6, 6.07) is 0. The van der Waals surface area contributed by atoms with Crippen molar-refractivity contribution in [2.24, 2.45) is 11.8 Å². The van der Waals surface area contributed by atoms with Crippen LogP contribution in [0.4, 0.5) is 0 Å². The number of hydrogen-bond acceptors (Lipinski definition) is 2.